The second-order valence-corrected chi connectivity index (χ2v) is 7.61. The number of rotatable bonds is 7. The van der Waals surface area contributed by atoms with Crippen LogP contribution in [0.15, 0.2) is 42.5 Å². The van der Waals surface area contributed by atoms with E-state index < -0.39 is 0 Å². The van der Waals surface area contributed by atoms with Gasteiger partial charge in [0.25, 0.3) is 0 Å². The molecule has 29 heavy (non-hydrogen) atoms. The van der Waals surface area contributed by atoms with E-state index in [1.165, 1.54) is 5.56 Å². The molecule has 1 N–H and O–H groups in total. The molecule has 3 rings (SSSR count). The summed E-state index contributed by atoms with van der Waals surface area (Å²) < 4.78 is 10.5. The number of piperazine rings is 1. The van der Waals surface area contributed by atoms with Gasteiger partial charge in [0.05, 0.1) is 25.9 Å². The Labute approximate surface area is 177 Å². The monoisotopic (exact) mass is 417 g/mol. The quantitative estimate of drug-likeness (QED) is 0.747. The van der Waals surface area contributed by atoms with E-state index >= 15 is 0 Å². The van der Waals surface area contributed by atoms with Crippen LogP contribution in [0, 0.1) is 0 Å². The third kappa shape index (κ3) is 5.63. The normalized spacial score (nSPS) is 16.3. The average Bonchev–Trinajstić information content (AvgIpc) is 2.74. The number of amides is 1. The third-order valence-corrected chi connectivity index (χ3v) is 5.55. The second kappa shape index (κ2) is 9.96. The number of carbonyl (C=O) groups is 1. The minimum absolute atomic E-state index is 0.0610. The SMILES string of the molecule is COc1ccc(CN2CCN([C@H](C)C(=O)Nc3cc(Cl)ccc3OC)CC2)cc1. The molecule has 0 saturated carbocycles. The van der Waals surface area contributed by atoms with Crippen LogP contribution in [0.4, 0.5) is 5.69 Å². The number of carbonyl (C=O) groups excluding carboxylic acids is 1. The number of anilines is 1. The number of benzene rings is 2. The number of nitrogens with one attached hydrogen (secondary N) is 1. The molecule has 6 nitrogen and oxygen atoms in total. The van der Waals surface area contributed by atoms with Crippen LogP contribution in [0.5, 0.6) is 11.5 Å². The first kappa shape index (κ1) is 21.4. The van der Waals surface area contributed by atoms with Crippen molar-refractivity contribution in [2.75, 3.05) is 45.7 Å². The fourth-order valence-corrected chi connectivity index (χ4v) is 3.65. The molecule has 1 saturated heterocycles. The molecule has 156 valence electrons. The summed E-state index contributed by atoms with van der Waals surface area (Å²) in [6, 6.07) is 13.1. The summed E-state index contributed by atoms with van der Waals surface area (Å²) in [6.45, 7) is 6.37. The van der Waals surface area contributed by atoms with Crippen LogP contribution in [0.1, 0.15) is 12.5 Å². The van der Waals surface area contributed by atoms with Crippen LogP contribution in [0.2, 0.25) is 5.02 Å². The lowest BCUT2D eigenvalue weighted by molar-refractivity contribution is -0.121. The van der Waals surface area contributed by atoms with Crippen LogP contribution in [-0.2, 0) is 11.3 Å². The van der Waals surface area contributed by atoms with Gasteiger partial charge in [-0.25, -0.2) is 0 Å². The van der Waals surface area contributed by atoms with Gasteiger partial charge in [0.15, 0.2) is 0 Å². The number of nitrogens with zero attached hydrogens (tertiary/aromatic N) is 2. The molecule has 1 amide bonds. The average molecular weight is 418 g/mol. The highest BCUT2D eigenvalue weighted by Crippen LogP contribution is 2.28. The van der Waals surface area contributed by atoms with E-state index in [0.29, 0.717) is 16.5 Å². The molecule has 1 aliphatic heterocycles. The predicted octanol–water partition coefficient (Wildman–Crippen LogP) is 3.50. The number of hydrogen-bond donors (Lipinski definition) is 1. The Morgan fingerprint density at radius 3 is 2.38 bits per heavy atom. The molecule has 0 radical (unpaired) electrons. The second-order valence-electron chi connectivity index (χ2n) is 7.17. The van der Waals surface area contributed by atoms with Gasteiger partial charge in [0.1, 0.15) is 11.5 Å². The lowest BCUT2D eigenvalue weighted by Gasteiger charge is -2.37. The zero-order valence-corrected chi connectivity index (χ0v) is 17.9. The molecule has 0 aliphatic carbocycles. The van der Waals surface area contributed by atoms with Gasteiger partial charge in [0.2, 0.25) is 5.91 Å². The zero-order chi connectivity index (χ0) is 20.8. The molecule has 2 aromatic rings. The molecule has 1 atom stereocenters. The van der Waals surface area contributed by atoms with E-state index in [1.54, 1.807) is 32.4 Å². The first-order chi connectivity index (χ1) is 14.0. The summed E-state index contributed by atoms with van der Waals surface area (Å²) in [6.07, 6.45) is 0. The molecule has 2 aromatic carbocycles. The first-order valence-electron chi connectivity index (χ1n) is 9.74. The van der Waals surface area contributed by atoms with E-state index in [-0.39, 0.29) is 11.9 Å². The van der Waals surface area contributed by atoms with Crippen molar-refractivity contribution in [3.8, 4) is 11.5 Å². The summed E-state index contributed by atoms with van der Waals surface area (Å²) in [4.78, 5) is 17.4. The minimum Gasteiger partial charge on any atom is -0.497 e. The largest absolute Gasteiger partial charge is 0.497 e. The Bertz CT molecular complexity index is 821. The van der Waals surface area contributed by atoms with Gasteiger partial charge in [-0.3, -0.25) is 14.6 Å². The maximum atomic E-state index is 12.7. The van der Waals surface area contributed by atoms with Gasteiger partial charge < -0.3 is 14.8 Å². The van der Waals surface area contributed by atoms with Gasteiger partial charge in [-0.2, -0.15) is 0 Å². The molecular weight excluding hydrogens is 390 g/mol. The Morgan fingerprint density at radius 2 is 1.76 bits per heavy atom. The Morgan fingerprint density at radius 1 is 1.07 bits per heavy atom. The number of halogens is 1. The van der Waals surface area contributed by atoms with Crippen molar-refractivity contribution in [3.63, 3.8) is 0 Å². The van der Waals surface area contributed by atoms with Crippen molar-refractivity contribution in [1.82, 2.24) is 9.80 Å². The standard InChI is InChI=1S/C22H28ClN3O3/c1-16(22(27)24-20-14-18(23)6-9-21(20)29-3)26-12-10-25(11-13-26)15-17-4-7-19(28-2)8-5-17/h4-9,14,16H,10-13,15H2,1-3H3,(H,24,27)/t16-/m1/s1. The van der Waals surface area contributed by atoms with E-state index in [2.05, 4.69) is 27.2 Å². The molecule has 1 fully saturated rings. The predicted molar refractivity (Wildman–Crippen MR) is 116 cm³/mol. The highest BCUT2D eigenvalue weighted by molar-refractivity contribution is 6.31. The van der Waals surface area contributed by atoms with Crippen molar-refractivity contribution in [2.24, 2.45) is 0 Å². The smallest absolute Gasteiger partial charge is 0.241 e. The number of ether oxygens (including phenoxy) is 2. The van der Waals surface area contributed by atoms with Crippen molar-refractivity contribution < 1.29 is 14.3 Å². The summed E-state index contributed by atoms with van der Waals surface area (Å²) in [5.41, 5.74) is 1.85. The topological polar surface area (TPSA) is 54.0 Å². The van der Waals surface area contributed by atoms with Crippen LogP contribution in [-0.4, -0.2) is 62.1 Å². The molecule has 1 aliphatic rings. The lowest BCUT2D eigenvalue weighted by atomic mass is 10.1. The highest BCUT2D eigenvalue weighted by atomic mass is 35.5. The van der Waals surface area contributed by atoms with Crippen LogP contribution >= 0.6 is 11.6 Å². The molecule has 7 heteroatoms. The Hall–Kier alpha value is -2.28. The van der Waals surface area contributed by atoms with Crippen LogP contribution in [0.25, 0.3) is 0 Å². The van der Waals surface area contributed by atoms with Crippen LogP contribution < -0.4 is 14.8 Å². The Balaban J connectivity index is 1.52. The summed E-state index contributed by atoms with van der Waals surface area (Å²) in [7, 11) is 3.25. The maximum absolute atomic E-state index is 12.7. The fourth-order valence-electron chi connectivity index (χ4n) is 3.48. The van der Waals surface area contributed by atoms with E-state index in [0.717, 1.165) is 38.5 Å². The van der Waals surface area contributed by atoms with E-state index in [4.69, 9.17) is 21.1 Å². The molecule has 0 spiro atoms. The number of methoxy groups -OCH3 is 2. The fraction of sp³-hybridized carbons (Fsp3) is 0.409. The van der Waals surface area contributed by atoms with Gasteiger partial charge in [-0.05, 0) is 42.8 Å². The molecular formula is C22H28ClN3O3. The zero-order valence-electron chi connectivity index (χ0n) is 17.2. The number of hydrogen-bond acceptors (Lipinski definition) is 5. The van der Waals surface area contributed by atoms with Crippen molar-refractivity contribution in [3.05, 3.63) is 53.1 Å². The van der Waals surface area contributed by atoms with Gasteiger partial charge in [-0.1, -0.05) is 23.7 Å². The summed E-state index contributed by atoms with van der Waals surface area (Å²) >= 11 is 6.06. The van der Waals surface area contributed by atoms with Gasteiger partial charge in [-0.15, -0.1) is 0 Å². The van der Waals surface area contributed by atoms with Gasteiger partial charge >= 0.3 is 0 Å². The molecule has 0 aromatic heterocycles. The molecule has 0 bridgehead atoms. The van der Waals surface area contributed by atoms with Gasteiger partial charge in [0, 0.05) is 37.7 Å². The highest BCUT2D eigenvalue weighted by Gasteiger charge is 2.26. The minimum atomic E-state index is -0.234. The summed E-state index contributed by atoms with van der Waals surface area (Å²) in [5, 5.41) is 3.50. The van der Waals surface area contributed by atoms with Crippen molar-refractivity contribution in [1.29, 1.82) is 0 Å². The maximum Gasteiger partial charge on any atom is 0.241 e. The van der Waals surface area contributed by atoms with E-state index in [1.807, 2.05) is 19.1 Å². The van der Waals surface area contributed by atoms with Crippen molar-refractivity contribution >= 4 is 23.2 Å². The van der Waals surface area contributed by atoms with E-state index in [9.17, 15) is 4.79 Å². The molecule has 0 unspecified atom stereocenters. The Kier molecular flexibility index (Phi) is 7.36. The summed E-state index contributed by atoms with van der Waals surface area (Å²) in [5.74, 6) is 1.41. The molecule has 1 heterocycles. The van der Waals surface area contributed by atoms with Crippen molar-refractivity contribution in [2.45, 2.75) is 19.5 Å². The lowest BCUT2D eigenvalue weighted by Crippen LogP contribution is -2.52. The first-order valence-corrected chi connectivity index (χ1v) is 10.1. The van der Waals surface area contributed by atoms with Crippen LogP contribution in [0.3, 0.4) is 0 Å². The third-order valence-electron chi connectivity index (χ3n) is 5.32.